The van der Waals surface area contributed by atoms with Crippen LogP contribution in [0.15, 0.2) is 18.2 Å². The lowest BCUT2D eigenvalue weighted by molar-refractivity contribution is 0.0987. The van der Waals surface area contributed by atoms with Crippen LogP contribution in [0.25, 0.3) is 0 Å². The van der Waals surface area contributed by atoms with Crippen molar-refractivity contribution in [1.29, 1.82) is 0 Å². The minimum Gasteiger partial charge on any atom is -0.294 e. The van der Waals surface area contributed by atoms with Gasteiger partial charge in [0, 0.05) is 12.0 Å². The van der Waals surface area contributed by atoms with Crippen LogP contribution < -0.4 is 0 Å². The number of rotatable bonds is 3. The Labute approximate surface area is 77.6 Å². The summed E-state index contributed by atoms with van der Waals surface area (Å²) >= 11 is 0. The molecule has 0 aromatic heterocycles. The number of hydrogen-bond donors (Lipinski definition) is 0. The summed E-state index contributed by atoms with van der Waals surface area (Å²) < 4.78 is 13.0. The molecule has 2 heteroatoms. The molecule has 0 aliphatic rings. The Kier molecular flexibility index (Phi) is 3.18. The van der Waals surface area contributed by atoms with Gasteiger partial charge in [0.05, 0.1) is 0 Å². The van der Waals surface area contributed by atoms with E-state index in [0.717, 1.165) is 12.0 Å². The highest BCUT2D eigenvalue weighted by Gasteiger charge is 2.05. The van der Waals surface area contributed by atoms with Gasteiger partial charge in [0.25, 0.3) is 0 Å². The molecule has 0 aliphatic heterocycles. The third kappa shape index (κ3) is 2.38. The lowest BCUT2D eigenvalue weighted by Crippen LogP contribution is -1.98. The van der Waals surface area contributed by atoms with E-state index in [9.17, 15) is 9.18 Å². The molecule has 70 valence electrons. The molecule has 0 bridgehead atoms. The number of aryl methyl sites for hydroxylation is 1. The van der Waals surface area contributed by atoms with Crippen molar-refractivity contribution in [2.45, 2.75) is 26.7 Å². The van der Waals surface area contributed by atoms with E-state index in [4.69, 9.17) is 0 Å². The molecule has 0 fully saturated rings. The van der Waals surface area contributed by atoms with E-state index in [1.165, 1.54) is 12.1 Å². The zero-order valence-electron chi connectivity index (χ0n) is 7.93. The maximum Gasteiger partial charge on any atom is 0.162 e. The van der Waals surface area contributed by atoms with Gasteiger partial charge < -0.3 is 0 Å². The predicted molar refractivity (Wildman–Crippen MR) is 50.4 cm³/mol. The van der Waals surface area contributed by atoms with Crippen LogP contribution >= 0.6 is 0 Å². The van der Waals surface area contributed by atoms with Crippen molar-refractivity contribution in [2.24, 2.45) is 0 Å². The van der Waals surface area contributed by atoms with Gasteiger partial charge in [-0.25, -0.2) is 4.39 Å². The average molecular weight is 180 g/mol. The molecule has 0 saturated carbocycles. The molecular formula is C11H13FO. The van der Waals surface area contributed by atoms with Crippen molar-refractivity contribution in [3.05, 3.63) is 35.1 Å². The molecule has 0 N–H and O–H groups in total. The number of halogens is 1. The fourth-order valence-electron chi connectivity index (χ4n) is 1.22. The smallest absolute Gasteiger partial charge is 0.162 e. The van der Waals surface area contributed by atoms with E-state index in [0.29, 0.717) is 12.0 Å². The van der Waals surface area contributed by atoms with Gasteiger partial charge in [-0.05, 0) is 30.2 Å². The molecule has 0 heterocycles. The number of carbonyl (C=O) groups excluding carboxylic acids is 1. The van der Waals surface area contributed by atoms with Gasteiger partial charge in [0.15, 0.2) is 5.78 Å². The second-order valence-corrected chi connectivity index (χ2v) is 2.98. The second-order valence-electron chi connectivity index (χ2n) is 2.98. The van der Waals surface area contributed by atoms with Crippen LogP contribution in [0.1, 0.15) is 36.2 Å². The molecule has 1 rings (SSSR count). The van der Waals surface area contributed by atoms with Gasteiger partial charge in [0.2, 0.25) is 0 Å². The van der Waals surface area contributed by atoms with Crippen molar-refractivity contribution in [2.75, 3.05) is 0 Å². The molecule has 0 saturated heterocycles. The third-order valence-electron chi connectivity index (χ3n) is 2.01. The SMILES string of the molecule is CCC(=O)c1cc(F)cc(CC)c1. The largest absolute Gasteiger partial charge is 0.294 e. The van der Waals surface area contributed by atoms with Crippen LogP contribution in [-0.2, 0) is 6.42 Å². The van der Waals surface area contributed by atoms with Crippen molar-refractivity contribution < 1.29 is 9.18 Å². The fraction of sp³-hybridized carbons (Fsp3) is 0.364. The summed E-state index contributed by atoms with van der Waals surface area (Å²) in [6.45, 7) is 3.72. The van der Waals surface area contributed by atoms with E-state index < -0.39 is 0 Å². The van der Waals surface area contributed by atoms with E-state index in [1.807, 2.05) is 6.92 Å². The first kappa shape index (κ1) is 9.90. The summed E-state index contributed by atoms with van der Waals surface area (Å²) in [4.78, 5) is 11.3. The maximum absolute atomic E-state index is 13.0. The Hall–Kier alpha value is -1.18. The standard InChI is InChI=1S/C11H13FO/c1-3-8-5-9(11(13)4-2)7-10(12)6-8/h5-7H,3-4H2,1-2H3. The fourth-order valence-corrected chi connectivity index (χ4v) is 1.22. The Bertz CT molecular complexity index is 318. The zero-order valence-corrected chi connectivity index (χ0v) is 7.93. The number of hydrogen-bond acceptors (Lipinski definition) is 1. The van der Waals surface area contributed by atoms with E-state index in [-0.39, 0.29) is 11.6 Å². The molecule has 0 spiro atoms. The first-order chi connectivity index (χ1) is 6.17. The maximum atomic E-state index is 13.0. The average Bonchev–Trinajstić information content (AvgIpc) is 2.15. The molecule has 0 unspecified atom stereocenters. The Morgan fingerprint density at radius 2 is 2.00 bits per heavy atom. The highest BCUT2D eigenvalue weighted by atomic mass is 19.1. The van der Waals surface area contributed by atoms with Crippen molar-refractivity contribution in [1.82, 2.24) is 0 Å². The van der Waals surface area contributed by atoms with Crippen molar-refractivity contribution in [3.8, 4) is 0 Å². The molecule has 0 radical (unpaired) electrons. The summed E-state index contributed by atoms with van der Waals surface area (Å²) in [5.41, 5.74) is 1.36. The van der Waals surface area contributed by atoms with Gasteiger partial charge in [-0.15, -0.1) is 0 Å². The molecule has 1 nitrogen and oxygen atoms in total. The van der Waals surface area contributed by atoms with E-state index in [2.05, 4.69) is 0 Å². The lowest BCUT2D eigenvalue weighted by Gasteiger charge is -2.01. The Balaban J connectivity index is 3.08. The normalized spacial score (nSPS) is 10.1. The van der Waals surface area contributed by atoms with Gasteiger partial charge in [0.1, 0.15) is 5.82 Å². The number of Topliss-reactive ketones (excluding diaryl/α,β-unsaturated/α-hetero) is 1. The molecule has 0 aliphatic carbocycles. The van der Waals surface area contributed by atoms with Crippen LogP contribution in [0.4, 0.5) is 4.39 Å². The minimum atomic E-state index is -0.323. The summed E-state index contributed by atoms with van der Waals surface area (Å²) in [5, 5.41) is 0. The summed E-state index contributed by atoms with van der Waals surface area (Å²) in [6.07, 6.45) is 1.17. The van der Waals surface area contributed by atoms with Crippen LogP contribution in [0, 0.1) is 5.82 Å². The highest BCUT2D eigenvalue weighted by Crippen LogP contribution is 2.11. The van der Waals surface area contributed by atoms with Gasteiger partial charge >= 0.3 is 0 Å². The van der Waals surface area contributed by atoms with Crippen LogP contribution in [0.3, 0.4) is 0 Å². The van der Waals surface area contributed by atoms with Crippen LogP contribution in [-0.4, -0.2) is 5.78 Å². The summed E-state index contributed by atoms with van der Waals surface area (Å²) in [6, 6.07) is 4.52. The number of carbonyl (C=O) groups is 1. The molecule has 1 aromatic carbocycles. The van der Waals surface area contributed by atoms with Crippen molar-refractivity contribution in [3.63, 3.8) is 0 Å². The molecule has 13 heavy (non-hydrogen) atoms. The quantitative estimate of drug-likeness (QED) is 0.653. The van der Waals surface area contributed by atoms with Crippen LogP contribution in [0.2, 0.25) is 0 Å². The molecule has 1 aromatic rings. The Morgan fingerprint density at radius 3 is 2.54 bits per heavy atom. The second kappa shape index (κ2) is 4.17. The third-order valence-corrected chi connectivity index (χ3v) is 2.01. The first-order valence-corrected chi connectivity index (χ1v) is 4.50. The van der Waals surface area contributed by atoms with Crippen molar-refractivity contribution >= 4 is 5.78 Å². The Morgan fingerprint density at radius 1 is 1.31 bits per heavy atom. The topological polar surface area (TPSA) is 17.1 Å². The lowest BCUT2D eigenvalue weighted by atomic mass is 10.0. The number of ketones is 1. The summed E-state index contributed by atoms with van der Waals surface area (Å²) in [5.74, 6) is -0.328. The monoisotopic (exact) mass is 180 g/mol. The number of benzene rings is 1. The predicted octanol–water partition coefficient (Wildman–Crippen LogP) is 2.98. The minimum absolute atomic E-state index is 0.00537. The van der Waals surface area contributed by atoms with Gasteiger partial charge in [-0.3, -0.25) is 4.79 Å². The first-order valence-electron chi connectivity index (χ1n) is 4.50. The zero-order chi connectivity index (χ0) is 9.84. The molecular weight excluding hydrogens is 167 g/mol. The van der Waals surface area contributed by atoms with Gasteiger partial charge in [-0.2, -0.15) is 0 Å². The highest BCUT2D eigenvalue weighted by molar-refractivity contribution is 5.96. The van der Waals surface area contributed by atoms with Gasteiger partial charge in [-0.1, -0.05) is 13.8 Å². The van der Waals surface area contributed by atoms with Crippen LogP contribution in [0.5, 0.6) is 0 Å². The summed E-state index contributed by atoms with van der Waals surface area (Å²) in [7, 11) is 0. The molecule has 0 atom stereocenters. The van der Waals surface area contributed by atoms with E-state index in [1.54, 1.807) is 13.0 Å². The van der Waals surface area contributed by atoms with E-state index >= 15 is 0 Å². The molecule has 0 amide bonds.